The van der Waals surface area contributed by atoms with Crippen molar-refractivity contribution in [3.05, 3.63) is 44.9 Å². The van der Waals surface area contributed by atoms with Crippen LogP contribution < -0.4 is 11.1 Å². The van der Waals surface area contributed by atoms with Crippen LogP contribution in [0.2, 0.25) is 5.02 Å². The third-order valence-electron chi connectivity index (χ3n) is 6.42. The lowest BCUT2D eigenvalue weighted by Crippen LogP contribution is -2.22. The molecule has 0 atom stereocenters. The molecule has 1 aliphatic carbocycles. The molecule has 212 valence electrons. The number of carbonyl (C=O) groups excluding carboxylic acids is 2. The first-order valence-corrected chi connectivity index (χ1v) is 13.2. The second-order valence-electron chi connectivity index (χ2n) is 9.25. The average Bonchev–Trinajstić information content (AvgIpc) is 3.40. The van der Waals surface area contributed by atoms with E-state index in [4.69, 9.17) is 17.3 Å². The summed E-state index contributed by atoms with van der Waals surface area (Å²) in [5, 5.41) is 10.5. The number of nitrogens with one attached hydrogen (secondary N) is 1. The Labute approximate surface area is 232 Å². The van der Waals surface area contributed by atoms with Crippen molar-refractivity contribution in [3.8, 4) is 11.1 Å². The lowest BCUT2D eigenvalue weighted by molar-refractivity contribution is -0.140. The zero-order chi connectivity index (χ0) is 29.1. The first kappa shape index (κ1) is 28.0. The summed E-state index contributed by atoms with van der Waals surface area (Å²) >= 11 is 6.73. The van der Waals surface area contributed by atoms with Gasteiger partial charge in [0.1, 0.15) is 27.6 Å². The largest absolute Gasteiger partial charge is 0.433 e. The molecule has 0 spiro atoms. The molecule has 16 heteroatoms. The van der Waals surface area contributed by atoms with Crippen LogP contribution in [-0.4, -0.2) is 36.4 Å². The number of aryl methyl sites for hydroxylation is 2. The number of anilines is 1. The molecule has 1 aliphatic rings. The van der Waals surface area contributed by atoms with E-state index in [0.717, 1.165) is 10.7 Å². The van der Waals surface area contributed by atoms with Crippen molar-refractivity contribution in [3.63, 3.8) is 0 Å². The maximum absolute atomic E-state index is 13.8. The number of pyridine rings is 1. The van der Waals surface area contributed by atoms with E-state index in [1.54, 1.807) is 20.0 Å². The van der Waals surface area contributed by atoms with Crippen LogP contribution in [0.1, 0.15) is 64.6 Å². The topological polar surface area (TPSA) is 121 Å². The molecule has 4 aromatic rings. The Bertz CT molecular complexity index is 1660. The van der Waals surface area contributed by atoms with Crippen LogP contribution in [0.4, 0.5) is 27.6 Å². The van der Waals surface area contributed by atoms with Gasteiger partial charge in [0.05, 0.1) is 22.1 Å². The molecular weight excluding hydrogens is 581 g/mol. The summed E-state index contributed by atoms with van der Waals surface area (Å²) < 4.78 is 70.9. The SMILES string of the molecule is CCn1cc(-c2cc(C(F)(F)F)nc3sc(C(N)=O)c(NC(=O)Cn4nc(C(F)F)c(Cl)c4C4CC4)c23)c(C)n1. The van der Waals surface area contributed by atoms with Crippen LogP contribution in [-0.2, 0) is 24.1 Å². The number of rotatable bonds is 8. The minimum atomic E-state index is -4.81. The van der Waals surface area contributed by atoms with E-state index in [-0.39, 0.29) is 37.3 Å². The van der Waals surface area contributed by atoms with Gasteiger partial charge >= 0.3 is 6.18 Å². The van der Waals surface area contributed by atoms with E-state index in [1.165, 1.54) is 4.68 Å². The summed E-state index contributed by atoms with van der Waals surface area (Å²) in [6.07, 6.45) is -4.83. The minimum Gasteiger partial charge on any atom is -0.365 e. The Kier molecular flexibility index (Phi) is 7.06. The van der Waals surface area contributed by atoms with E-state index in [9.17, 15) is 31.5 Å². The quantitative estimate of drug-likeness (QED) is 0.243. The van der Waals surface area contributed by atoms with Crippen molar-refractivity contribution in [1.82, 2.24) is 24.5 Å². The van der Waals surface area contributed by atoms with Crippen LogP contribution in [0.3, 0.4) is 0 Å². The van der Waals surface area contributed by atoms with Crippen LogP contribution >= 0.6 is 22.9 Å². The number of hydrogen-bond donors (Lipinski definition) is 2. The van der Waals surface area contributed by atoms with E-state index < -0.39 is 42.3 Å². The van der Waals surface area contributed by atoms with Crippen LogP contribution in [0.5, 0.6) is 0 Å². The van der Waals surface area contributed by atoms with E-state index in [1.807, 2.05) is 0 Å². The first-order chi connectivity index (χ1) is 18.8. The zero-order valence-corrected chi connectivity index (χ0v) is 22.5. The first-order valence-electron chi connectivity index (χ1n) is 12.0. The third-order valence-corrected chi connectivity index (χ3v) is 7.91. The number of halogens is 6. The van der Waals surface area contributed by atoms with Gasteiger partial charge in [0.25, 0.3) is 12.3 Å². The van der Waals surface area contributed by atoms with Gasteiger partial charge in [-0.05, 0) is 38.3 Å². The summed E-state index contributed by atoms with van der Waals surface area (Å²) in [7, 11) is 0. The number of nitrogens with zero attached hydrogens (tertiary/aromatic N) is 5. The molecule has 4 heterocycles. The standard InChI is InChI=1S/C24H21ClF5N7O2S/c1-3-36-7-12(9(2)34-36)11-6-13(24(28,29)30)32-23-15(11)17(20(40-23)22(31)39)33-14(38)8-37-19(10-4-5-10)16(25)18(35-37)21(26)27/h6-7,10,21H,3-5,8H2,1-2H3,(H2,31,39)(H,33,38). The molecule has 40 heavy (non-hydrogen) atoms. The number of hydrogen-bond acceptors (Lipinski definition) is 6. The summed E-state index contributed by atoms with van der Waals surface area (Å²) in [5.74, 6) is -1.91. The van der Waals surface area contributed by atoms with Gasteiger partial charge in [-0.15, -0.1) is 11.3 Å². The molecule has 0 aromatic carbocycles. The Morgan fingerprint density at radius 2 is 1.95 bits per heavy atom. The Morgan fingerprint density at radius 3 is 2.50 bits per heavy atom. The van der Waals surface area contributed by atoms with Crippen molar-refractivity contribution in [2.45, 2.75) is 58.3 Å². The maximum Gasteiger partial charge on any atom is 0.433 e. The van der Waals surface area contributed by atoms with Gasteiger partial charge in [-0.1, -0.05) is 11.6 Å². The predicted molar refractivity (Wildman–Crippen MR) is 138 cm³/mol. The minimum absolute atomic E-state index is 0.0364. The number of aromatic nitrogens is 5. The predicted octanol–water partition coefficient (Wildman–Crippen LogP) is 5.91. The molecule has 0 saturated heterocycles. The van der Waals surface area contributed by atoms with Crippen molar-refractivity contribution < 1.29 is 31.5 Å². The zero-order valence-electron chi connectivity index (χ0n) is 20.9. The average molecular weight is 602 g/mol. The fourth-order valence-electron chi connectivity index (χ4n) is 4.49. The third kappa shape index (κ3) is 5.03. The molecule has 2 amide bonds. The number of alkyl halides is 5. The maximum atomic E-state index is 13.8. The Morgan fingerprint density at radius 1 is 1.25 bits per heavy atom. The molecule has 3 N–H and O–H groups in total. The van der Waals surface area contributed by atoms with Crippen molar-refractivity contribution in [1.29, 1.82) is 0 Å². The fourth-order valence-corrected chi connectivity index (χ4v) is 5.87. The van der Waals surface area contributed by atoms with Crippen molar-refractivity contribution in [2.24, 2.45) is 5.73 Å². The van der Waals surface area contributed by atoms with Gasteiger partial charge in [0.15, 0.2) is 0 Å². The highest BCUT2D eigenvalue weighted by Gasteiger charge is 2.37. The molecule has 1 fully saturated rings. The molecule has 0 bridgehead atoms. The highest BCUT2D eigenvalue weighted by atomic mass is 35.5. The number of nitrogens with two attached hydrogens (primary N) is 1. The van der Waals surface area contributed by atoms with Gasteiger partial charge in [-0.3, -0.25) is 19.0 Å². The van der Waals surface area contributed by atoms with Gasteiger partial charge < -0.3 is 11.1 Å². The molecule has 4 aromatic heterocycles. The number of primary amides is 1. The smallest absolute Gasteiger partial charge is 0.365 e. The summed E-state index contributed by atoms with van der Waals surface area (Å²) in [6, 6.07) is 0.826. The van der Waals surface area contributed by atoms with Crippen molar-refractivity contribution >= 4 is 50.7 Å². The highest BCUT2D eigenvalue weighted by Crippen LogP contribution is 2.46. The molecule has 9 nitrogen and oxygen atoms in total. The van der Waals surface area contributed by atoms with Gasteiger partial charge in [0, 0.05) is 29.6 Å². The van der Waals surface area contributed by atoms with Crippen LogP contribution in [0.15, 0.2) is 12.3 Å². The summed E-state index contributed by atoms with van der Waals surface area (Å²) in [6.45, 7) is 3.32. The Balaban J connectivity index is 1.64. The Hall–Kier alpha value is -3.59. The number of amides is 2. The molecule has 5 rings (SSSR count). The highest BCUT2D eigenvalue weighted by molar-refractivity contribution is 7.21. The molecule has 0 unspecified atom stereocenters. The van der Waals surface area contributed by atoms with E-state index >= 15 is 0 Å². The van der Waals surface area contributed by atoms with E-state index in [0.29, 0.717) is 47.7 Å². The normalized spacial score (nSPS) is 13.9. The van der Waals surface area contributed by atoms with Crippen LogP contribution in [0.25, 0.3) is 21.3 Å². The second-order valence-corrected chi connectivity index (χ2v) is 10.6. The summed E-state index contributed by atoms with van der Waals surface area (Å²) in [4.78, 5) is 28.9. The number of fused-ring (bicyclic) bond motifs is 1. The lowest BCUT2D eigenvalue weighted by atomic mass is 10.0. The lowest BCUT2D eigenvalue weighted by Gasteiger charge is -2.12. The van der Waals surface area contributed by atoms with Crippen molar-refractivity contribution in [2.75, 3.05) is 5.32 Å². The molecular formula is C24H21ClF5N7O2S. The fraction of sp³-hybridized carbons (Fsp3) is 0.375. The molecule has 0 aliphatic heterocycles. The number of carbonyl (C=O) groups is 2. The van der Waals surface area contributed by atoms with Crippen LogP contribution in [0, 0.1) is 6.92 Å². The number of thiophene rings is 1. The monoisotopic (exact) mass is 601 g/mol. The molecule has 1 saturated carbocycles. The second kappa shape index (κ2) is 10.1. The van der Waals surface area contributed by atoms with Gasteiger partial charge in [0.2, 0.25) is 5.91 Å². The summed E-state index contributed by atoms with van der Waals surface area (Å²) in [5.41, 5.74) is 4.63. The van der Waals surface area contributed by atoms with Gasteiger partial charge in [-0.2, -0.15) is 23.4 Å². The molecule has 0 radical (unpaired) electrons. The van der Waals surface area contributed by atoms with Gasteiger partial charge in [-0.25, -0.2) is 13.8 Å². The van der Waals surface area contributed by atoms with E-state index in [2.05, 4.69) is 20.5 Å².